The van der Waals surface area contributed by atoms with Gasteiger partial charge < -0.3 is 10.1 Å². The third-order valence-corrected chi connectivity index (χ3v) is 4.63. The molecule has 3 rings (SSSR count). The van der Waals surface area contributed by atoms with Crippen LogP contribution < -0.4 is 5.32 Å². The van der Waals surface area contributed by atoms with Crippen molar-refractivity contribution in [2.45, 2.75) is 6.04 Å². The number of carbonyl (C=O) groups is 1. The van der Waals surface area contributed by atoms with Gasteiger partial charge >= 0.3 is 0 Å². The van der Waals surface area contributed by atoms with Crippen molar-refractivity contribution in [3.8, 4) is 0 Å². The number of hydrogen-bond donors (Lipinski definition) is 1. The van der Waals surface area contributed by atoms with Crippen molar-refractivity contribution in [2.75, 3.05) is 32.8 Å². The van der Waals surface area contributed by atoms with Crippen molar-refractivity contribution in [3.63, 3.8) is 0 Å². The third kappa shape index (κ3) is 4.66. The molecular formula is C19H21BrN2O2. The molecule has 0 spiro atoms. The first-order valence-corrected chi connectivity index (χ1v) is 8.93. The lowest BCUT2D eigenvalue weighted by molar-refractivity contribution is 0.0332. The van der Waals surface area contributed by atoms with Gasteiger partial charge in [-0.2, -0.15) is 0 Å². The average molecular weight is 389 g/mol. The molecule has 24 heavy (non-hydrogen) atoms. The lowest BCUT2D eigenvalue weighted by atomic mass is 10.1. The van der Waals surface area contributed by atoms with Crippen LogP contribution >= 0.6 is 15.9 Å². The van der Waals surface area contributed by atoms with E-state index in [1.165, 1.54) is 0 Å². The number of halogens is 1. The van der Waals surface area contributed by atoms with Crippen LogP contribution in [0.25, 0.3) is 0 Å². The van der Waals surface area contributed by atoms with Crippen LogP contribution in [0.3, 0.4) is 0 Å². The normalized spacial score (nSPS) is 16.5. The lowest BCUT2D eigenvalue weighted by Gasteiger charge is -2.31. The molecule has 1 amide bonds. The molecule has 4 nitrogen and oxygen atoms in total. The topological polar surface area (TPSA) is 41.6 Å². The number of nitrogens with one attached hydrogen (secondary N) is 1. The molecule has 1 saturated heterocycles. The van der Waals surface area contributed by atoms with E-state index >= 15 is 0 Å². The Kier molecular flexibility index (Phi) is 6.01. The maximum Gasteiger partial charge on any atom is 0.251 e. The molecule has 0 bridgehead atoms. The van der Waals surface area contributed by atoms with Gasteiger partial charge in [0.05, 0.1) is 19.3 Å². The summed E-state index contributed by atoms with van der Waals surface area (Å²) >= 11 is 3.42. The summed E-state index contributed by atoms with van der Waals surface area (Å²) in [5, 5.41) is 3.18. The predicted octanol–water partition coefficient (Wildman–Crippen LogP) is 3.25. The minimum Gasteiger partial charge on any atom is -0.379 e. The van der Waals surface area contributed by atoms with Gasteiger partial charge in [0.2, 0.25) is 0 Å². The van der Waals surface area contributed by atoms with Crippen LogP contribution in [0.1, 0.15) is 22.0 Å². The molecule has 0 aliphatic carbocycles. The van der Waals surface area contributed by atoms with Gasteiger partial charge in [0, 0.05) is 29.7 Å². The van der Waals surface area contributed by atoms with Crippen molar-refractivity contribution in [2.24, 2.45) is 0 Å². The van der Waals surface area contributed by atoms with Crippen LogP contribution in [-0.2, 0) is 4.74 Å². The van der Waals surface area contributed by atoms with Gasteiger partial charge in [-0.05, 0) is 23.8 Å². The first-order valence-electron chi connectivity index (χ1n) is 8.14. The fraction of sp³-hybridized carbons (Fsp3) is 0.316. The van der Waals surface area contributed by atoms with E-state index in [1.54, 1.807) is 0 Å². The van der Waals surface area contributed by atoms with E-state index in [1.807, 2.05) is 42.5 Å². The maximum atomic E-state index is 12.6. The number of rotatable bonds is 5. The fourth-order valence-corrected chi connectivity index (χ4v) is 3.23. The van der Waals surface area contributed by atoms with E-state index in [2.05, 4.69) is 38.3 Å². The second kappa shape index (κ2) is 8.42. The highest BCUT2D eigenvalue weighted by Gasteiger charge is 2.20. The summed E-state index contributed by atoms with van der Waals surface area (Å²) in [7, 11) is 0. The number of ether oxygens (including phenoxy) is 1. The van der Waals surface area contributed by atoms with Gasteiger partial charge in [-0.3, -0.25) is 9.69 Å². The van der Waals surface area contributed by atoms with E-state index in [0.717, 1.165) is 42.9 Å². The average Bonchev–Trinajstić information content (AvgIpc) is 2.63. The van der Waals surface area contributed by atoms with Gasteiger partial charge in [-0.15, -0.1) is 0 Å². The van der Waals surface area contributed by atoms with Crippen molar-refractivity contribution in [3.05, 3.63) is 70.2 Å². The molecule has 1 unspecified atom stereocenters. The standard InChI is InChI=1S/C19H21BrN2O2/c20-17-8-4-7-16(13-17)19(23)21-18(15-5-2-1-3-6-15)14-22-9-11-24-12-10-22/h1-8,13,18H,9-12,14H2,(H,21,23). The zero-order valence-electron chi connectivity index (χ0n) is 13.5. The van der Waals surface area contributed by atoms with Crippen molar-refractivity contribution in [1.29, 1.82) is 0 Å². The third-order valence-electron chi connectivity index (χ3n) is 4.14. The molecule has 0 radical (unpaired) electrons. The minimum absolute atomic E-state index is 0.0456. The van der Waals surface area contributed by atoms with Gasteiger partial charge in [0.15, 0.2) is 0 Å². The molecule has 1 atom stereocenters. The number of carbonyl (C=O) groups excluding carboxylic acids is 1. The molecule has 1 N–H and O–H groups in total. The Bertz CT molecular complexity index is 672. The van der Waals surface area contributed by atoms with Crippen molar-refractivity contribution < 1.29 is 9.53 Å². The molecule has 0 aromatic heterocycles. The van der Waals surface area contributed by atoms with Gasteiger partial charge in [-0.25, -0.2) is 0 Å². The molecule has 1 fully saturated rings. The second-order valence-corrected chi connectivity index (χ2v) is 6.78. The monoisotopic (exact) mass is 388 g/mol. The Hall–Kier alpha value is -1.69. The SMILES string of the molecule is O=C(NC(CN1CCOCC1)c1ccccc1)c1cccc(Br)c1. The summed E-state index contributed by atoms with van der Waals surface area (Å²) in [5.41, 5.74) is 1.78. The van der Waals surface area contributed by atoms with Crippen LogP contribution in [-0.4, -0.2) is 43.7 Å². The zero-order valence-corrected chi connectivity index (χ0v) is 15.0. The quantitative estimate of drug-likeness (QED) is 0.854. The summed E-state index contributed by atoms with van der Waals surface area (Å²) in [4.78, 5) is 15.0. The largest absolute Gasteiger partial charge is 0.379 e. The van der Waals surface area contributed by atoms with E-state index < -0.39 is 0 Å². The molecule has 2 aromatic rings. The summed E-state index contributed by atoms with van der Waals surface area (Å²) in [6.45, 7) is 4.08. The Morgan fingerprint density at radius 2 is 1.88 bits per heavy atom. The number of hydrogen-bond acceptors (Lipinski definition) is 3. The van der Waals surface area contributed by atoms with Crippen LogP contribution in [0.5, 0.6) is 0 Å². The van der Waals surface area contributed by atoms with Crippen LogP contribution in [0, 0.1) is 0 Å². The summed E-state index contributed by atoms with van der Waals surface area (Å²) in [6.07, 6.45) is 0. The number of nitrogens with zero attached hydrogens (tertiary/aromatic N) is 1. The molecule has 1 aliphatic heterocycles. The second-order valence-electron chi connectivity index (χ2n) is 5.86. The zero-order chi connectivity index (χ0) is 16.8. The molecule has 5 heteroatoms. The van der Waals surface area contributed by atoms with Gasteiger partial charge in [-0.1, -0.05) is 52.3 Å². The molecular weight excluding hydrogens is 368 g/mol. The molecule has 126 valence electrons. The maximum absolute atomic E-state index is 12.6. The van der Waals surface area contributed by atoms with E-state index in [0.29, 0.717) is 5.56 Å². The Morgan fingerprint density at radius 3 is 2.58 bits per heavy atom. The smallest absolute Gasteiger partial charge is 0.251 e. The van der Waals surface area contributed by atoms with Gasteiger partial charge in [0.25, 0.3) is 5.91 Å². The van der Waals surface area contributed by atoms with Crippen molar-refractivity contribution in [1.82, 2.24) is 10.2 Å². The van der Waals surface area contributed by atoms with Crippen molar-refractivity contribution >= 4 is 21.8 Å². The Labute approximate surface area is 150 Å². The first kappa shape index (κ1) is 17.1. The predicted molar refractivity (Wildman–Crippen MR) is 98.1 cm³/mol. The Balaban J connectivity index is 1.75. The fourth-order valence-electron chi connectivity index (χ4n) is 2.83. The highest BCUT2D eigenvalue weighted by Crippen LogP contribution is 2.17. The minimum atomic E-state index is -0.0570. The van der Waals surface area contributed by atoms with E-state index in [-0.39, 0.29) is 11.9 Å². The number of benzene rings is 2. The van der Waals surface area contributed by atoms with E-state index in [9.17, 15) is 4.79 Å². The summed E-state index contributed by atoms with van der Waals surface area (Å²) in [6, 6.07) is 17.5. The molecule has 0 saturated carbocycles. The molecule has 1 heterocycles. The first-order chi connectivity index (χ1) is 11.7. The van der Waals surface area contributed by atoms with Crippen LogP contribution in [0.4, 0.5) is 0 Å². The Morgan fingerprint density at radius 1 is 1.12 bits per heavy atom. The highest BCUT2D eigenvalue weighted by atomic mass is 79.9. The number of morpholine rings is 1. The van der Waals surface area contributed by atoms with Crippen LogP contribution in [0.15, 0.2) is 59.1 Å². The van der Waals surface area contributed by atoms with Gasteiger partial charge in [0.1, 0.15) is 0 Å². The summed E-state index contributed by atoms with van der Waals surface area (Å²) in [5.74, 6) is -0.0570. The van der Waals surface area contributed by atoms with E-state index in [4.69, 9.17) is 4.74 Å². The molecule has 2 aromatic carbocycles. The highest BCUT2D eigenvalue weighted by molar-refractivity contribution is 9.10. The number of amides is 1. The molecule has 1 aliphatic rings. The summed E-state index contributed by atoms with van der Waals surface area (Å²) < 4.78 is 6.32. The lowest BCUT2D eigenvalue weighted by Crippen LogP contribution is -2.43. The van der Waals surface area contributed by atoms with Crippen LogP contribution in [0.2, 0.25) is 0 Å².